The lowest BCUT2D eigenvalue weighted by Crippen LogP contribution is -2.42. The normalized spacial score (nSPS) is 9.96. The Balaban J connectivity index is 2.04. The number of benzene rings is 1. The highest BCUT2D eigenvalue weighted by Gasteiger charge is 2.18. The topological polar surface area (TPSA) is 102 Å². The largest absolute Gasteiger partial charge is 0.493 e. The molecule has 1 aromatic heterocycles. The van der Waals surface area contributed by atoms with Gasteiger partial charge in [-0.05, 0) is 18.2 Å². The average molecular weight is 333 g/mol. The van der Waals surface area contributed by atoms with Crippen LogP contribution in [0, 0.1) is 0 Å². The van der Waals surface area contributed by atoms with Crippen LogP contribution in [-0.4, -0.2) is 38.1 Å². The van der Waals surface area contributed by atoms with E-state index >= 15 is 0 Å². The van der Waals surface area contributed by atoms with E-state index in [1.165, 1.54) is 21.3 Å². The first-order valence-electron chi connectivity index (χ1n) is 7.11. The summed E-state index contributed by atoms with van der Waals surface area (Å²) in [4.78, 5) is 26.5. The fourth-order valence-electron chi connectivity index (χ4n) is 2.18. The zero-order valence-electron chi connectivity index (χ0n) is 13.6. The van der Waals surface area contributed by atoms with Gasteiger partial charge in [-0.25, -0.2) is 0 Å². The second kappa shape index (κ2) is 7.91. The van der Waals surface area contributed by atoms with Crippen molar-refractivity contribution in [1.29, 1.82) is 0 Å². The quantitative estimate of drug-likeness (QED) is 0.686. The maximum atomic E-state index is 12.0. The predicted molar refractivity (Wildman–Crippen MR) is 86.2 cm³/mol. The van der Waals surface area contributed by atoms with Crippen molar-refractivity contribution in [3.05, 3.63) is 41.7 Å². The lowest BCUT2D eigenvalue weighted by atomic mass is 10.1. The van der Waals surface area contributed by atoms with Crippen LogP contribution in [0.25, 0.3) is 0 Å². The third kappa shape index (κ3) is 3.78. The first kappa shape index (κ1) is 17.2. The number of aromatic nitrogens is 1. The molecule has 0 unspecified atom stereocenters. The highest BCUT2D eigenvalue weighted by atomic mass is 16.5. The van der Waals surface area contributed by atoms with Crippen LogP contribution in [0.5, 0.6) is 17.2 Å². The van der Waals surface area contributed by atoms with Gasteiger partial charge in [0.05, 0.1) is 27.8 Å². The molecule has 0 bridgehead atoms. The Morgan fingerprint density at radius 2 is 1.75 bits per heavy atom. The molecule has 2 aromatic rings. The third-order valence-corrected chi connectivity index (χ3v) is 3.29. The number of aromatic amines is 1. The van der Waals surface area contributed by atoms with Crippen LogP contribution in [0.15, 0.2) is 30.5 Å². The minimum Gasteiger partial charge on any atom is -0.493 e. The fourth-order valence-corrected chi connectivity index (χ4v) is 2.18. The van der Waals surface area contributed by atoms with Gasteiger partial charge in [0.2, 0.25) is 11.7 Å². The van der Waals surface area contributed by atoms with Gasteiger partial charge in [-0.1, -0.05) is 6.07 Å². The Bertz CT molecular complexity index is 713. The molecule has 3 N–H and O–H groups in total. The zero-order chi connectivity index (χ0) is 17.5. The number of carbonyl (C=O) groups is 2. The predicted octanol–water partition coefficient (Wildman–Crippen LogP) is 1.04. The zero-order valence-corrected chi connectivity index (χ0v) is 13.6. The third-order valence-electron chi connectivity index (χ3n) is 3.29. The summed E-state index contributed by atoms with van der Waals surface area (Å²) in [5, 5.41) is 0. The molecule has 0 spiro atoms. The molecule has 0 aliphatic carbocycles. The van der Waals surface area contributed by atoms with E-state index in [1.54, 1.807) is 30.5 Å². The number of ether oxygens (including phenoxy) is 3. The lowest BCUT2D eigenvalue weighted by Gasteiger charge is -2.15. The van der Waals surface area contributed by atoms with Gasteiger partial charge in [-0.3, -0.25) is 20.4 Å². The molecule has 0 aliphatic rings. The number of H-pyrrole nitrogens is 1. The molecule has 0 fully saturated rings. The Kier molecular flexibility index (Phi) is 5.67. The molecule has 8 heteroatoms. The van der Waals surface area contributed by atoms with E-state index in [9.17, 15) is 9.59 Å². The molecular formula is C16H19N3O5. The number of hydrogen-bond donors (Lipinski definition) is 3. The van der Waals surface area contributed by atoms with Crippen LogP contribution >= 0.6 is 0 Å². The molecule has 2 amide bonds. The highest BCUT2D eigenvalue weighted by molar-refractivity contribution is 5.94. The first-order chi connectivity index (χ1) is 11.6. The maximum Gasteiger partial charge on any atom is 0.286 e. The second-order valence-electron chi connectivity index (χ2n) is 4.76. The summed E-state index contributed by atoms with van der Waals surface area (Å²) in [7, 11) is 4.48. The Labute approximate surface area is 139 Å². The van der Waals surface area contributed by atoms with E-state index in [0.29, 0.717) is 28.5 Å². The monoisotopic (exact) mass is 333 g/mol. The summed E-state index contributed by atoms with van der Waals surface area (Å²) in [5.41, 5.74) is 5.62. The number of amides is 2. The van der Waals surface area contributed by atoms with Crippen molar-refractivity contribution >= 4 is 11.8 Å². The standard InChI is InChI=1S/C16H19N3O5/c1-22-12-7-6-10(14(23-2)15(12)24-3)9-13(20)18-19-16(21)11-5-4-8-17-11/h4-8,17H,9H2,1-3H3,(H,18,20)(H,19,21). The lowest BCUT2D eigenvalue weighted by molar-refractivity contribution is -0.121. The van der Waals surface area contributed by atoms with E-state index in [0.717, 1.165) is 0 Å². The fraction of sp³-hybridized carbons (Fsp3) is 0.250. The van der Waals surface area contributed by atoms with Gasteiger partial charge in [0.1, 0.15) is 5.69 Å². The molecule has 8 nitrogen and oxygen atoms in total. The van der Waals surface area contributed by atoms with Crippen LogP contribution < -0.4 is 25.1 Å². The highest BCUT2D eigenvalue weighted by Crippen LogP contribution is 2.39. The number of nitrogens with one attached hydrogen (secondary N) is 3. The molecule has 24 heavy (non-hydrogen) atoms. The molecule has 0 saturated carbocycles. The van der Waals surface area contributed by atoms with Crippen molar-refractivity contribution in [3.63, 3.8) is 0 Å². The van der Waals surface area contributed by atoms with Crippen LogP contribution in [0.3, 0.4) is 0 Å². The van der Waals surface area contributed by atoms with Crippen molar-refractivity contribution in [2.45, 2.75) is 6.42 Å². The summed E-state index contributed by atoms with van der Waals surface area (Å²) in [6.07, 6.45) is 1.61. The van der Waals surface area contributed by atoms with Gasteiger partial charge in [-0.15, -0.1) is 0 Å². The summed E-state index contributed by atoms with van der Waals surface area (Å²) in [6, 6.07) is 6.66. The van der Waals surface area contributed by atoms with Gasteiger partial charge >= 0.3 is 0 Å². The summed E-state index contributed by atoms with van der Waals surface area (Å²) in [5.74, 6) is 0.468. The van der Waals surface area contributed by atoms with Crippen LogP contribution in [-0.2, 0) is 11.2 Å². The Morgan fingerprint density at radius 3 is 2.33 bits per heavy atom. The van der Waals surface area contributed by atoms with Crippen molar-refractivity contribution in [2.75, 3.05) is 21.3 Å². The minimum atomic E-state index is -0.437. The summed E-state index contributed by atoms with van der Waals surface area (Å²) >= 11 is 0. The van der Waals surface area contributed by atoms with E-state index < -0.39 is 11.8 Å². The van der Waals surface area contributed by atoms with Crippen molar-refractivity contribution in [2.24, 2.45) is 0 Å². The molecule has 128 valence electrons. The number of rotatable bonds is 6. The maximum absolute atomic E-state index is 12.0. The van der Waals surface area contributed by atoms with E-state index in [4.69, 9.17) is 14.2 Å². The second-order valence-corrected chi connectivity index (χ2v) is 4.76. The molecule has 0 saturated heterocycles. The number of carbonyl (C=O) groups excluding carboxylic acids is 2. The molecule has 1 heterocycles. The van der Waals surface area contributed by atoms with Gasteiger partial charge < -0.3 is 19.2 Å². The Morgan fingerprint density at radius 1 is 1.00 bits per heavy atom. The Hall–Kier alpha value is -3.16. The molecule has 0 radical (unpaired) electrons. The number of hydrazine groups is 1. The molecule has 1 aromatic carbocycles. The first-order valence-corrected chi connectivity index (χ1v) is 7.11. The van der Waals surface area contributed by atoms with Gasteiger partial charge in [-0.2, -0.15) is 0 Å². The van der Waals surface area contributed by atoms with Crippen LogP contribution in [0.1, 0.15) is 16.1 Å². The smallest absolute Gasteiger partial charge is 0.286 e. The van der Waals surface area contributed by atoms with E-state index in [2.05, 4.69) is 15.8 Å². The van der Waals surface area contributed by atoms with Crippen LogP contribution in [0.2, 0.25) is 0 Å². The molecule has 0 atom stereocenters. The SMILES string of the molecule is COc1ccc(CC(=O)NNC(=O)c2ccc[nH]2)c(OC)c1OC. The molecule has 2 rings (SSSR count). The summed E-state index contributed by atoms with van der Waals surface area (Å²) in [6.45, 7) is 0. The van der Waals surface area contributed by atoms with Crippen LogP contribution in [0.4, 0.5) is 0 Å². The summed E-state index contributed by atoms with van der Waals surface area (Å²) < 4.78 is 15.8. The molecular weight excluding hydrogens is 314 g/mol. The number of methoxy groups -OCH3 is 3. The van der Waals surface area contributed by atoms with Gasteiger partial charge in [0.15, 0.2) is 11.5 Å². The van der Waals surface area contributed by atoms with E-state index in [-0.39, 0.29) is 6.42 Å². The van der Waals surface area contributed by atoms with E-state index in [1.807, 2.05) is 0 Å². The van der Waals surface area contributed by atoms with Gasteiger partial charge in [0.25, 0.3) is 5.91 Å². The minimum absolute atomic E-state index is 0.00542. The van der Waals surface area contributed by atoms with Crippen molar-refractivity contribution in [1.82, 2.24) is 15.8 Å². The van der Waals surface area contributed by atoms with Crippen molar-refractivity contribution < 1.29 is 23.8 Å². The molecule has 0 aliphatic heterocycles. The number of hydrogen-bond acceptors (Lipinski definition) is 5. The van der Waals surface area contributed by atoms with Crippen molar-refractivity contribution in [3.8, 4) is 17.2 Å². The average Bonchev–Trinajstić information content (AvgIpc) is 3.13. The van der Waals surface area contributed by atoms with Gasteiger partial charge in [0, 0.05) is 11.8 Å².